The topological polar surface area (TPSA) is 66.0 Å². The van der Waals surface area contributed by atoms with Gasteiger partial charge < -0.3 is 18.5 Å². The number of carbonyl (C=O) groups is 1. The highest BCUT2D eigenvalue weighted by atomic mass is 16.5. The summed E-state index contributed by atoms with van der Waals surface area (Å²) in [7, 11) is 2.97. The number of hydrogen-bond acceptors (Lipinski definition) is 5. The Hall–Kier alpha value is -3.80. The van der Waals surface area contributed by atoms with Crippen LogP contribution in [0.25, 0.3) is 10.9 Å². The van der Waals surface area contributed by atoms with Crippen LogP contribution in [0.4, 0.5) is 5.69 Å². The molecule has 2 heterocycles. The summed E-state index contributed by atoms with van der Waals surface area (Å²) in [5.41, 5.74) is 2.90. The van der Waals surface area contributed by atoms with Crippen LogP contribution in [0.1, 0.15) is 21.9 Å². The van der Waals surface area contributed by atoms with E-state index in [2.05, 4.69) is 15.6 Å². The zero-order valence-electron chi connectivity index (χ0n) is 16.2. The lowest BCUT2D eigenvalue weighted by Crippen LogP contribution is -1.99. The summed E-state index contributed by atoms with van der Waals surface area (Å²) in [6.07, 6.45) is 3.88. The number of para-hydroxylation sites is 1. The molecule has 0 saturated heterocycles. The van der Waals surface area contributed by atoms with Crippen LogP contribution in [-0.2, 0) is 11.3 Å². The third kappa shape index (κ3) is 3.91. The molecular weight excluding hydrogens is 368 g/mol. The summed E-state index contributed by atoms with van der Waals surface area (Å²) < 4.78 is 17.6. The molecule has 0 aliphatic carbocycles. The Morgan fingerprint density at radius 3 is 2.62 bits per heavy atom. The van der Waals surface area contributed by atoms with E-state index in [1.165, 1.54) is 7.11 Å². The molecule has 0 bridgehead atoms. The van der Waals surface area contributed by atoms with Crippen molar-refractivity contribution >= 4 is 28.8 Å². The molecule has 0 N–H and O–H groups in total. The van der Waals surface area contributed by atoms with E-state index in [9.17, 15) is 4.79 Å². The molecule has 0 aliphatic heterocycles. The van der Waals surface area contributed by atoms with E-state index >= 15 is 0 Å². The van der Waals surface area contributed by atoms with E-state index in [0.29, 0.717) is 12.3 Å². The van der Waals surface area contributed by atoms with E-state index < -0.39 is 5.97 Å². The Morgan fingerprint density at radius 1 is 1.07 bits per heavy atom. The quantitative estimate of drug-likeness (QED) is 0.351. The fourth-order valence-corrected chi connectivity index (χ4v) is 3.16. The van der Waals surface area contributed by atoms with Crippen LogP contribution in [-0.4, -0.2) is 31.0 Å². The molecule has 4 rings (SSSR count). The van der Waals surface area contributed by atoms with Crippen molar-refractivity contribution in [2.45, 2.75) is 6.54 Å². The van der Waals surface area contributed by atoms with E-state index in [1.54, 1.807) is 19.2 Å². The summed E-state index contributed by atoms with van der Waals surface area (Å²) >= 11 is 0. The van der Waals surface area contributed by atoms with Crippen molar-refractivity contribution in [2.75, 3.05) is 14.2 Å². The fourth-order valence-electron chi connectivity index (χ4n) is 3.16. The molecule has 2 aromatic heterocycles. The van der Waals surface area contributed by atoms with Gasteiger partial charge in [0.25, 0.3) is 0 Å². The third-order valence-corrected chi connectivity index (χ3v) is 4.62. The van der Waals surface area contributed by atoms with E-state index in [4.69, 9.17) is 13.9 Å². The minimum absolute atomic E-state index is 0.195. The predicted molar refractivity (Wildman–Crippen MR) is 111 cm³/mol. The molecule has 6 heteroatoms. The second-order valence-corrected chi connectivity index (χ2v) is 6.44. The largest absolute Gasteiger partial charge is 0.497 e. The summed E-state index contributed by atoms with van der Waals surface area (Å²) in [4.78, 5) is 16.2. The van der Waals surface area contributed by atoms with E-state index in [0.717, 1.165) is 27.9 Å². The number of hydrogen-bond donors (Lipinski definition) is 0. The fraction of sp³-hybridized carbons (Fsp3) is 0.130. The van der Waals surface area contributed by atoms with Gasteiger partial charge in [-0.05, 0) is 42.5 Å². The lowest BCUT2D eigenvalue weighted by molar-refractivity contribution is 0.0563. The molecule has 0 radical (unpaired) electrons. The highest BCUT2D eigenvalue weighted by molar-refractivity contribution is 6.00. The number of carbonyl (C=O) groups excluding carboxylic acids is 1. The SMILES string of the molecule is COC(=O)c1ccc(Cn2cc(C=Nc3ccc(OC)cc3)c3ccccc32)o1. The molecule has 0 amide bonds. The minimum Gasteiger partial charge on any atom is -0.497 e. The van der Waals surface area contributed by atoms with Gasteiger partial charge in [-0.1, -0.05) is 18.2 Å². The summed E-state index contributed by atoms with van der Waals surface area (Å²) in [6, 6.07) is 19.1. The van der Waals surface area contributed by atoms with Gasteiger partial charge in [0.1, 0.15) is 11.5 Å². The maximum absolute atomic E-state index is 11.6. The molecule has 0 atom stereocenters. The van der Waals surface area contributed by atoms with E-state index in [1.807, 2.05) is 54.9 Å². The molecule has 29 heavy (non-hydrogen) atoms. The molecule has 0 aliphatic rings. The smallest absolute Gasteiger partial charge is 0.373 e. The number of furan rings is 1. The van der Waals surface area contributed by atoms with Gasteiger partial charge in [0, 0.05) is 28.9 Å². The maximum Gasteiger partial charge on any atom is 0.373 e. The van der Waals surface area contributed by atoms with Gasteiger partial charge in [0.05, 0.1) is 26.5 Å². The van der Waals surface area contributed by atoms with Crippen molar-refractivity contribution in [3.63, 3.8) is 0 Å². The van der Waals surface area contributed by atoms with Crippen molar-refractivity contribution < 1.29 is 18.7 Å². The Bertz CT molecular complexity index is 1170. The molecule has 0 fully saturated rings. The summed E-state index contributed by atoms with van der Waals surface area (Å²) in [5.74, 6) is 1.18. The molecular formula is C23H20N2O4. The van der Waals surface area contributed by atoms with Crippen molar-refractivity contribution in [3.05, 3.63) is 83.9 Å². The van der Waals surface area contributed by atoms with Crippen LogP contribution >= 0.6 is 0 Å². The van der Waals surface area contributed by atoms with Crippen molar-refractivity contribution in [3.8, 4) is 5.75 Å². The van der Waals surface area contributed by atoms with Crippen LogP contribution in [0.2, 0.25) is 0 Å². The normalized spacial score (nSPS) is 11.2. The monoisotopic (exact) mass is 388 g/mol. The zero-order chi connectivity index (χ0) is 20.2. The van der Waals surface area contributed by atoms with Crippen LogP contribution in [0.3, 0.4) is 0 Å². The predicted octanol–water partition coefficient (Wildman–Crippen LogP) is 4.83. The maximum atomic E-state index is 11.6. The zero-order valence-corrected chi connectivity index (χ0v) is 16.2. The summed E-state index contributed by atoms with van der Waals surface area (Å²) in [6.45, 7) is 0.494. The van der Waals surface area contributed by atoms with Crippen LogP contribution in [0, 0.1) is 0 Å². The average molecular weight is 388 g/mol. The number of ether oxygens (including phenoxy) is 2. The molecule has 146 valence electrons. The number of fused-ring (bicyclic) bond motifs is 1. The standard InChI is InChI=1S/C23H20N2O4/c1-27-18-9-7-17(8-10-18)24-13-16-14-25(21-6-4-3-5-20(16)21)15-19-11-12-22(29-19)23(26)28-2/h3-14H,15H2,1-2H3. The Labute approximate surface area is 168 Å². The first-order valence-corrected chi connectivity index (χ1v) is 9.11. The number of benzene rings is 2. The Kier molecular flexibility index (Phi) is 5.16. The molecule has 0 saturated carbocycles. The van der Waals surface area contributed by atoms with Gasteiger partial charge >= 0.3 is 5.97 Å². The van der Waals surface area contributed by atoms with Gasteiger partial charge in [0.2, 0.25) is 5.76 Å². The lowest BCUT2D eigenvalue weighted by Gasteiger charge is -2.02. The van der Waals surface area contributed by atoms with Crippen LogP contribution in [0.15, 0.2) is 76.3 Å². The Morgan fingerprint density at radius 2 is 1.86 bits per heavy atom. The first-order valence-electron chi connectivity index (χ1n) is 9.11. The molecule has 6 nitrogen and oxygen atoms in total. The van der Waals surface area contributed by atoms with Crippen LogP contribution < -0.4 is 4.74 Å². The lowest BCUT2D eigenvalue weighted by atomic mass is 10.2. The second-order valence-electron chi connectivity index (χ2n) is 6.44. The highest BCUT2D eigenvalue weighted by Gasteiger charge is 2.13. The number of methoxy groups -OCH3 is 2. The van der Waals surface area contributed by atoms with Gasteiger partial charge in [-0.2, -0.15) is 0 Å². The van der Waals surface area contributed by atoms with Crippen LogP contribution in [0.5, 0.6) is 5.75 Å². The number of rotatable bonds is 6. The minimum atomic E-state index is -0.485. The van der Waals surface area contributed by atoms with Gasteiger partial charge in [0.15, 0.2) is 0 Å². The van der Waals surface area contributed by atoms with Gasteiger partial charge in [-0.25, -0.2) is 4.79 Å². The highest BCUT2D eigenvalue weighted by Crippen LogP contribution is 2.23. The number of esters is 1. The number of aliphatic imine (C=N–C) groups is 1. The molecule has 0 unspecified atom stereocenters. The second kappa shape index (κ2) is 8.06. The van der Waals surface area contributed by atoms with Gasteiger partial charge in [-0.15, -0.1) is 0 Å². The van der Waals surface area contributed by atoms with Crippen molar-refractivity contribution in [1.29, 1.82) is 0 Å². The first kappa shape index (κ1) is 18.6. The summed E-state index contributed by atoms with van der Waals surface area (Å²) in [5, 5.41) is 1.09. The van der Waals surface area contributed by atoms with Crippen molar-refractivity contribution in [1.82, 2.24) is 4.57 Å². The number of nitrogens with zero attached hydrogens (tertiary/aromatic N) is 2. The first-order chi connectivity index (χ1) is 14.2. The molecule has 0 spiro atoms. The number of aromatic nitrogens is 1. The molecule has 2 aromatic carbocycles. The van der Waals surface area contributed by atoms with E-state index in [-0.39, 0.29) is 5.76 Å². The average Bonchev–Trinajstić information content (AvgIpc) is 3.37. The van der Waals surface area contributed by atoms with Gasteiger partial charge in [-0.3, -0.25) is 4.99 Å². The third-order valence-electron chi connectivity index (χ3n) is 4.62. The Balaban J connectivity index is 1.63. The van der Waals surface area contributed by atoms with Crippen molar-refractivity contribution in [2.24, 2.45) is 4.99 Å². The molecule has 4 aromatic rings.